The maximum Gasteiger partial charge on any atom is 0.472 e. The lowest BCUT2D eigenvalue weighted by molar-refractivity contribution is -0.161. The predicted molar refractivity (Wildman–Crippen MR) is 381 cm³/mol. The Morgan fingerprint density at radius 1 is 0.298 bits per heavy atom. The number of esters is 4. The third-order valence-electron chi connectivity index (χ3n) is 17.7. The van der Waals surface area contributed by atoms with Gasteiger partial charge in [-0.05, 0) is 49.4 Å². The summed E-state index contributed by atoms with van der Waals surface area (Å²) in [5.74, 6) is 0.933. The Kier molecular flexibility index (Phi) is 63.1. The molecule has 0 aliphatic carbocycles. The summed E-state index contributed by atoms with van der Waals surface area (Å²) in [4.78, 5) is 72.7. The molecule has 0 spiro atoms. The first-order chi connectivity index (χ1) is 45.1. The van der Waals surface area contributed by atoms with Gasteiger partial charge in [0.15, 0.2) is 12.2 Å². The van der Waals surface area contributed by atoms with Crippen LogP contribution in [-0.4, -0.2) is 96.7 Å². The normalized spacial score (nSPS) is 14.4. The lowest BCUT2D eigenvalue weighted by Crippen LogP contribution is -2.30. The van der Waals surface area contributed by atoms with Crippen molar-refractivity contribution in [3.63, 3.8) is 0 Å². The molecule has 0 aliphatic rings. The minimum absolute atomic E-state index is 0.104. The van der Waals surface area contributed by atoms with E-state index in [-0.39, 0.29) is 25.7 Å². The van der Waals surface area contributed by atoms with Gasteiger partial charge in [0.05, 0.1) is 26.4 Å². The molecule has 17 nitrogen and oxygen atoms in total. The number of carbonyl (C=O) groups is 4. The molecule has 0 amide bonds. The van der Waals surface area contributed by atoms with Crippen molar-refractivity contribution in [2.45, 2.75) is 395 Å². The molecule has 3 N–H and O–H groups in total. The van der Waals surface area contributed by atoms with Crippen LogP contribution in [0.3, 0.4) is 0 Å². The maximum atomic E-state index is 13.1. The van der Waals surface area contributed by atoms with Crippen LogP contribution in [0.4, 0.5) is 0 Å². The van der Waals surface area contributed by atoms with Crippen LogP contribution >= 0.6 is 15.6 Å². The molecule has 0 bridgehead atoms. The van der Waals surface area contributed by atoms with Crippen LogP contribution in [0.15, 0.2) is 0 Å². The van der Waals surface area contributed by atoms with E-state index in [0.29, 0.717) is 31.6 Å². The first kappa shape index (κ1) is 92.1. The number of phosphoric ester groups is 2. The number of unbranched alkanes of at least 4 members (excludes halogenated alkanes) is 37. The van der Waals surface area contributed by atoms with Crippen molar-refractivity contribution in [2.24, 2.45) is 23.7 Å². The zero-order valence-corrected chi connectivity index (χ0v) is 63.4. The molecule has 0 aromatic heterocycles. The molecule has 6 atom stereocenters. The minimum Gasteiger partial charge on any atom is -0.462 e. The molecule has 0 saturated carbocycles. The fraction of sp³-hybridized carbons (Fsp3) is 0.947. The second kappa shape index (κ2) is 64.4. The van der Waals surface area contributed by atoms with E-state index < -0.39 is 97.5 Å². The molecule has 0 aliphatic heterocycles. The largest absolute Gasteiger partial charge is 0.472 e. The lowest BCUT2D eigenvalue weighted by Gasteiger charge is -2.21. The summed E-state index contributed by atoms with van der Waals surface area (Å²) in [5, 5.41) is 10.6. The van der Waals surface area contributed by atoms with E-state index in [1.807, 2.05) is 0 Å². The van der Waals surface area contributed by atoms with Gasteiger partial charge in [0, 0.05) is 25.7 Å². The predicted octanol–water partition coefficient (Wildman–Crippen LogP) is 21.7. The van der Waals surface area contributed by atoms with Gasteiger partial charge in [-0.25, -0.2) is 9.13 Å². The number of rotatable bonds is 72. The summed E-state index contributed by atoms with van der Waals surface area (Å²) >= 11 is 0. The van der Waals surface area contributed by atoms with Gasteiger partial charge in [-0.15, -0.1) is 0 Å². The average Bonchev–Trinajstić information content (AvgIpc) is 1.28. The third-order valence-corrected chi connectivity index (χ3v) is 19.6. The second-order valence-electron chi connectivity index (χ2n) is 28.7. The Morgan fingerprint density at radius 3 is 0.755 bits per heavy atom. The molecule has 19 heteroatoms. The van der Waals surface area contributed by atoms with Gasteiger partial charge in [-0.1, -0.05) is 325 Å². The van der Waals surface area contributed by atoms with Gasteiger partial charge in [0.25, 0.3) is 0 Å². The van der Waals surface area contributed by atoms with Crippen molar-refractivity contribution >= 4 is 39.5 Å². The van der Waals surface area contributed by atoms with Crippen LogP contribution in [0, 0.1) is 23.7 Å². The Labute approximate surface area is 575 Å². The van der Waals surface area contributed by atoms with Crippen molar-refractivity contribution < 1.29 is 80.2 Å². The van der Waals surface area contributed by atoms with Crippen molar-refractivity contribution in [1.82, 2.24) is 0 Å². The van der Waals surface area contributed by atoms with Gasteiger partial charge in [0.2, 0.25) is 0 Å². The molecule has 0 aromatic rings. The molecule has 0 rings (SSSR count). The van der Waals surface area contributed by atoms with E-state index in [1.165, 1.54) is 173 Å². The molecule has 558 valence electrons. The monoisotopic (exact) mass is 1380 g/mol. The zero-order valence-electron chi connectivity index (χ0n) is 61.6. The lowest BCUT2D eigenvalue weighted by atomic mass is 9.99. The smallest absolute Gasteiger partial charge is 0.462 e. The molecule has 94 heavy (non-hydrogen) atoms. The molecule has 0 saturated heterocycles. The number of aliphatic hydroxyl groups excluding tert-OH is 1. The van der Waals surface area contributed by atoms with Gasteiger partial charge in [-0.2, -0.15) is 0 Å². The number of aliphatic hydroxyl groups is 1. The highest BCUT2D eigenvalue weighted by Gasteiger charge is 2.30. The highest BCUT2D eigenvalue weighted by Crippen LogP contribution is 2.45. The van der Waals surface area contributed by atoms with Crippen molar-refractivity contribution in [3.8, 4) is 0 Å². The molecule has 0 radical (unpaired) electrons. The SMILES string of the molecule is CCC(C)CCCCCCCCCCCCCCCCC(=O)OC[C@H](COP(=O)(O)OCC(O)COP(=O)(O)OC[C@@H](COC(=O)CCCCCCCCCC(C)C)OC(=O)CCCCCCCCCCCC(C)C)OC(=O)CCCCCCCCCCCCCC(C)C. The van der Waals surface area contributed by atoms with E-state index in [9.17, 15) is 43.2 Å². The summed E-state index contributed by atoms with van der Waals surface area (Å²) in [7, 11) is -9.91. The number of phosphoric acid groups is 2. The third kappa shape index (κ3) is 67.3. The average molecular weight is 1380 g/mol. The van der Waals surface area contributed by atoms with Gasteiger partial charge in [-0.3, -0.25) is 37.3 Å². The standard InChI is InChI=1S/C75H146O17P2/c1-9-68(8)54-46-38-30-22-16-12-10-11-13-17-23-31-39-47-55-72(77)85-61-70(91-74(79)57-49-41-32-24-18-14-15-20-27-35-43-51-65(2)3)63-89-93(81,82)87-59-69(76)60-88-94(83,84)90-64-71(62-86-73(78)56-48-40-34-26-29-37-45-53-67(6)7)92-75(80)58-50-42-33-25-19-21-28-36-44-52-66(4)5/h65-71,76H,9-64H2,1-8H3,(H,81,82)(H,83,84)/t68?,69?,70-,71-/m1/s1. The summed E-state index contributed by atoms with van der Waals surface area (Å²) in [6.45, 7) is 14.2. The van der Waals surface area contributed by atoms with Gasteiger partial charge < -0.3 is 33.8 Å². The molecular weight excluding hydrogens is 1230 g/mol. The minimum atomic E-state index is -4.96. The number of ether oxygens (including phenoxy) is 4. The molecule has 0 aromatic carbocycles. The van der Waals surface area contributed by atoms with Crippen LogP contribution in [0.1, 0.15) is 376 Å². The molecular formula is C75H146O17P2. The van der Waals surface area contributed by atoms with E-state index >= 15 is 0 Å². The highest BCUT2D eigenvalue weighted by molar-refractivity contribution is 7.47. The Morgan fingerprint density at radius 2 is 0.511 bits per heavy atom. The molecule has 0 heterocycles. The Balaban J connectivity index is 5.24. The fourth-order valence-corrected chi connectivity index (χ4v) is 12.9. The van der Waals surface area contributed by atoms with Crippen LogP contribution in [-0.2, 0) is 65.4 Å². The van der Waals surface area contributed by atoms with Crippen molar-refractivity contribution in [1.29, 1.82) is 0 Å². The quantitative estimate of drug-likeness (QED) is 0.0222. The molecule has 4 unspecified atom stereocenters. The van der Waals surface area contributed by atoms with E-state index in [4.69, 9.17) is 37.0 Å². The topological polar surface area (TPSA) is 237 Å². The number of hydrogen-bond donors (Lipinski definition) is 3. The Bertz CT molecular complexity index is 1850. The summed E-state index contributed by atoms with van der Waals surface area (Å²) in [6.07, 6.45) is 48.6. The van der Waals surface area contributed by atoms with E-state index in [1.54, 1.807) is 0 Å². The first-order valence-electron chi connectivity index (χ1n) is 38.7. The van der Waals surface area contributed by atoms with Crippen molar-refractivity contribution in [3.05, 3.63) is 0 Å². The first-order valence-corrected chi connectivity index (χ1v) is 41.7. The van der Waals surface area contributed by atoms with E-state index in [2.05, 4.69) is 55.4 Å². The summed E-state index contributed by atoms with van der Waals surface area (Å²) < 4.78 is 68.5. The van der Waals surface area contributed by atoms with Crippen LogP contribution in [0.2, 0.25) is 0 Å². The van der Waals surface area contributed by atoms with Gasteiger partial charge >= 0.3 is 39.5 Å². The van der Waals surface area contributed by atoms with Crippen molar-refractivity contribution in [2.75, 3.05) is 39.6 Å². The number of carbonyl (C=O) groups excluding carboxylic acids is 4. The van der Waals surface area contributed by atoms with E-state index in [0.717, 1.165) is 114 Å². The number of hydrogen-bond acceptors (Lipinski definition) is 15. The van der Waals surface area contributed by atoms with Gasteiger partial charge in [0.1, 0.15) is 19.3 Å². The summed E-state index contributed by atoms with van der Waals surface area (Å²) in [5.41, 5.74) is 0. The van der Waals surface area contributed by atoms with Crippen LogP contribution < -0.4 is 0 Å². The second-order valence-corrected chi connectivity index (χ2v) is 31.6. The summed E-state index contributed by atoms with van der Waals surface area (Å²) in [6, 6.07) is 0. The fourth-order valence-electron chi connectivity index (χ4n) is 11.3. The maximum absolute atomic E-state index is 13.1. The van der Waals surface area contributed by atoms with Crippen LogP contribution in [0.25, 0.3) is 0 Å². The zero-order chi connectivity index (χ0) is 69.6. The van der Waals surface area contributed by atoms with Crippen LogP contribution in [0.5, 0.6) is 0 Å². The molecule has 0 fully saturated rings. The highest BCUT2D eigenvalue weighted by atomic mass is 31.2. The Hall–Kier alpha value is -1.94.